The van der Waals surface area contributed by atoms with E-state index in [1.165, 1.54) is 12.3 Å². The summed E-state index contributed by atoms with van der Waals surface area (Å²) < 4.78 is 0. The Bertz CT molecular complexity index is 656. The van der Waals surface area contributed by atoms with Crippen molar-refractivity contribution in [1.29, 1.82) is 5.41 Å². The van der Waals surface area contributed by atoms with Gasteiger partial charge in [-0.2, -0.15) is 0 Å². The Hall–Kier alpha value is -2.76. The van der Waals surface area contributed by atoms with Gasteiger partial charge in [0.2, 0.25) is 11.8 Å². The number of hydrogen-bond donors (Lipinski definition) is 3. The van der Waals surface area contributed by atoms with Crippen molar-refractivity contribution in [2.24, 2.45) is 22.6 Å². The highest BCUT2D eigenvalue weighted by atomic mass is 16.2. The van der Waals surface area contributed by atoms with E-state index in [1.807, 2.05) is 19.1 Å². The van der Waals surface area contributed by atoms with Crippen molar-refractivity contribution >= 4 is 24.2 Å². The first kappa shape index (κ1) is 20.3. The molecule has 0 bridgehead atoms. The lowest BCUT2D eigenvalue weighted by Crippen LogP contribution is -2.26. The summed E-state index contributed by atoms with van der Waals surface area (Å²) in [6, 6.07) is 0. The molecular weight excluding hydrogens is 316 g/mol. The molecule has 25 heavy (non-hydrogen) atoms. The Labute approximate surface area is 148 Å². The number of aliphatic imine (C=N–C) groups is 1. The molecule has 1 aliphatic heterocycles. The summed E-state index contributed by atoms with van der Waals surface area (Å²) in [5.41, 5.74) is 7.86. The number of carbonyl (C=O) groups is 2. The number of dihydropyridines is 1. The van der Waals surface area contributed by atoms with Gasteiger partial charge in [0.15, 0.2) is 0 Å². The lowest BCUT2D eigenvalue weighted by Gasteiger charge is -2.18. The number of allylic oxidation sites excluding steroid dienone is 4. The zero-order chi connectivity index (χ0) is 18.8. The molecule has 0 aliphatic carbocycles. The van der Waals surface area contributed by atoms with E-state index in [1.54, 1.807) is 19.3 Å². The minimum atomic E-state index is -0.518. The van der Waals surface area contributed by atoms with E-state index in [4.69, 9.17) is 11.1 Å². The fourth-order valence-electron chi connectivity index (χ4n) is 2.55. The molecule has 0 aromatic carbocycles. The molecule has 0 aromatic heterocycles. The Morgan fingerprint density at radius 1 is 1.52 bits per heavy atom. The second kappa shape index (κ2) is 10.2. The lowest BCUT2D eigenvalue weighted by molar-refractivity contribution is -0.122. The molecule has 1 rings (SSSR count). The second-order valence-electron chi connectivity index (χ2n) is 5.99. The van der Waals surface area contributed by atoms with Crippen LogP contribution in [0.2, 0.25) is 0 Å². The summed E-state index contributed by atoms with van der Waals surface area (Å²) in [5, 5.41) is 9.76. The Balaban J connectivity index is 2.69. The SMILES string of the molecule is C=C(C/C=C/C(CC=N)C(=O)NC)CC1C=C(C)C=N/C1=C\C(N)=O. The summed E-state index contributed by atoms with van der Waals surface area (Å²) in [6.07, 6.45) is 11.6. The summed E-state index contributed by atoms with van der Waals surface area (Å²) in [7, 11) is 1.58. The number of carbonyl (C=O) groups excluding carboxylic acids is 2. The largest absolute Gasteiger partial charge is 0.366 e. The summed E-state index contributed by atoms with van der Waals surface area (Å²) >= 11 is 0. The van der Waals surface area contributed by atoms with Crippen LogP contribution in [-0.2, 0) is 9.59 Å². The molecular formula is C19H26N4O2. The predicted molar refractivity (Wildman–Crippen MR) is 101 cm³/mol. The van der Waals surface area contributed by atoms with Gasteiger partial charge in [0.05, 0.1) is 11.6 Å². The van der Waals surface area contributed by atoms with Crippen LogP contribution in [0, 0.1) is 17.2 Å². The fourth-order valence-corrected chi connectivity index (χ4v) is 2.55. The van der Waals surface area contributed by atoms with Gasteiger partial charge in [0.1, 0.15) is 0 Å². The van der Waals surface area contributed by atoms with Crippen molar-refractivity contribution < 1.29 is 9.59 Å². The first-order chi connectivity index (χ1) is 11.9. The molecule has 1 aliphatic rings. The Morgan fingerprint density at radius 3 is 2.84 bits per heavy atom. The molecule has 2 amide bonds. The van der Waals surface area contributed by atoms with Crippen LogP contribution in [0.15, 0.2) is 52.7 Å². The number of primary amides is 1. The number of hydrogen-bond acceptors (Lipinski definition) is 4. The zero-order valence-corrected chi connectivity index (χ0v) is 14.8. The number of rotatable bonds is 9. The Kier molecular flexibility index (Phi) is 8.26. The molecule has 2 unspecified atom stereocenters. The minimum absolute atomic E-state index is 0.0327. The van der Waals surface area contributed by atoms with E-state index in [9.17, 15) is 9.59 Å². The Morgan fingerprint density at radius 2 is 2.24 bits per heavy atom. The summed E-state index contributed by atoms with van der Waals surface area (Å²) in [6.45, 7) is 6.02. The fraction of sp³-hybridized carbons (Fsp3) is 0.368. The number of nitrogens with zero attached hydrogens (tertiary/aromatic N) is 1. The third-order valence-electron chi connectivity index (χ3n) is 3.79. The van der Waals surface area contributed by atoms with E-state index in [-0.39, 0.29) is 17.7 Å². The maximum Gasteiger partial charge on any atom is 0.243 e. The smallest absolute Gasteiger partial charge is 0.243 e. The van der Waals surface area contributed by atoms with Crippen LogP contribution in [0.3, 0.4) is 0 Å². The van der Waals surface area contributed by atoms with Crippen molar-refractivity contribution in [3.63, 3.8) is 0 Å². The summed E-state index contributed by atoms with van der Waals surface area (Å²) in [5.74, 6) is -1.01. The molecule has 0 aromatic rings. The van der Waals surface area contributed by atoms with Crippen LogP contribution in [0.1, 0.15) is 26.2 Å². The quantitative estimate of drug-likeness (QED) is 0.339. The first-order valence-corrected chi connectivity index (χ1v) is 8.14. The molecule has 0 saturated carbocycles. The summed E-state index contributed by atoms with van der Waals surface area (Å²) in [4.78, 5) is 27.1. The van der Waals surface area contributed by atoms with Gasteiger partial charge >= 0.3 is 0 Å². The average molecular weight is 342 g/mol. The highest BCUT2D eigenvalue weighted by Gasteiger charge is 2.17. The zero-order valence-electron chi connectivity index (χ0n) is 14.8. The van der Waals surface area contributed by atoms with Gasteiger partial charge in [0.25, 0.3) is 0 Å². The minimum Gasteiger partial charge on any atom is -0.366 e. The van der Waals surface area contributed by atoms with Crippen molar-refractivity contribution in [2.45, 2.75) is 26.2 Å². The van der Waals surface area contributed by atoms with Crippen LogP contribution in [0.4, 0.5) is 0 Å². The molecule has 0 spiro atoms. The van der Waals surface area contributed by atoms with E-state index in [0.29, 0.717) is 25.0 Å². The maximum absolute atomic E-state index is 11.7. The second-order valence-corrected chi connectivity index (χ2v) is 5.99. The molecule has 6 heteroatoms. The van der Waals surface area contributed by atoms with E-state index in [2.05, 4.69) is 16.9 Å². The van der Waals surface area contributed by atoms with Crippen LogP contribution in [0.5, 0.6) is 0 Å². The van der Waals surface area contributed by atoms with Crippen LogP contribution in [-0.4, -0.2) is 31.3 Å². The predicted octanol–water partition coefficient (Wildman–Crippen LogP) is 2.30. The molecule has 0 saturated heterocycles. The van der Waals surface area contributed by atoms with Crippen LogP contribution >= 0.6 is 0 Å². The van der Waals surface area contributed by atoms with E-state index in [0.717, 1.165) is 11.1 Å². The molecule has 6 nitrogen and oxygen atoms in total. The monoisotopic (exact) mass is 342 g/mol. The van der Waals surface area contributed by atoms with Crippen molar-refractivity contribution in [1.82, 2.24) is 5.32 Å². The maximum atomic E-state index is 11.7. The topological polar surface area (TPSA) is 108 Å². The first-order valence-electron chi connectivity index (χ1n) is 8.14. The highest BCUT2D eigenvalue weighted by Crippen LogP contribution is 2.27. The van der Waals surface area contributed by atoms with E-state index < -0.39 is 5.91 Å². The van der Waals surface area contributed by atoms with Gasteiger partial charge in [-0.3, -0.25) is 14.6 Å². The normalized spacial score (nSPS) is 19.5. The highest BCUT2D eigenvalue weighted by molar-refractivity contribution is 5.88. The van der Waals surface area contributed by atoms with E-state index >= 15 is 0 Å². The van der Waals surface area contributed by atoms with Crippen molar-refractivity contribution in [3.05, 3.63) is 47.7 Å². The lowest BCUT2D eigenvalue weighted by atomic mass is 9.91. The van der Waals surface area contributed by atoms with Crippen molar-refractivity contribution in [2.75, 3.05) is 7.05 Å². The number of nitrogens with one attached hydrogen (secondary N) is 2. The van der Waals surface area contributed by atoms with Gasteiger partial charge in [-0.05, 0) is 38.0 Å². The van der Waals surface area contributed by atoms with Crippen LogP contribution in [0.25, 0.3) is 0 Å². The number of nitrogens with two attached hydrogens (primary N) is 1. The molecule has 4 N–H and O–H groups in total. The number of amides is 2. The van der Waals surface area contributed by atoms with Gasteiger partial charge in [-0.1, -0.05) is 30.4 Å². The molecule has 0 fully saturated rings. The average Bonchev–Trinajstić information content (AvgIpc) is 2.55. The molecule has 0 radical (unpaired) electrons. The third-order valence-corrected chi connectivity index (χ3v) is 3.79. The van der Waals surface area contributed by atoms with Crippen LogP contribution < -0.4 is 11.1 Å². The van der Waals surface area contributed by atoms with Gasteiger partial charge in [-0.25, -0.2) is 0 Å². The standard InChI is InChI=1S/C19H26N4O2/c1-13(5-4-6-15(7-8-20)19(25)22-3)9-16-10-14(2)12-23-17(16)11-18(21)24/h4,6,8,10-12,15-16,20H,1,5,7,9H2,2-3H3,(H2,21,24)(H,22,25)/b6-4+,17-11-,20-8?. The third kappa shape index (κ3) is 7.12. The van der Waals surface area contributed by atoms with Gasteiger partial charge in [-0.15, -0.1) is 0 Å². The molecule has 2 atom stereocenters. The van der Waals surface area contributed by atoms with Gasteiger partial charge in [0, 0.05) is 25.3 Å². The molecule has 1 heterocycles. The van der Waals surface area contributed by atoms with Gasteiger partial charge < -0.3 is 16.5 Å². The molecule has 134 valence electrons. The van der Waals surface area contributed by atoms with Crippen molar-refractivity contribution in [3.8, 4) is 0 Å².